The number of nitrogens with zero attached hydrogens (tertiary/aromatic N) is 1. The number of aromatic nitrogens is 1. The molecule has 1 unspecified atom stereocenters. The minimum Gasteiger partial charge on any atom is -0.351 e. The third-order valence-corrected chi connectivity index (χ3v) is 2.63. The smallest absolute Gasteiger partial charge is 0.252 e. The lowest BCUT2D eigenvalue weighted by Gasteiger charge is -2.09. The molecule has 0 bridgehead atoms. The van der Waals surface area contributed by atoms with Gasteiger partial charge in [-0.25, -0.2) is 0 Å². The van der Waals surface area contributed by atoms with Gasteiger partial charge in [-0.3, -0.25) is 9.78 Å². The molecule has 1 heterocycles. The van der Waals surface area contributed by atoms with Gasteiger partial charge < -0.3 is 5.32 Å². The number of carbonyl (C=O) groups is 1. The minimum absolute atomic E-state index is 0.00681. The molecule has 1 atom stereocenters. The number of aryl methyl sites for hydroxylation is 1. The molecule has 1 N–H and O–H groups in total. The summed E-state index contributed by atoms with van der Waals surface area (Å²) in [5.74, 6) is -0.116. The minimum atomic E-state index is -0.116. The van der Waals surface area contributed by atoms with Crippen LogP contribution in [0.1, 0.15) is 35.8 Å². The number of rotatable bonds is 5. The molecule has 0 saturated heterocycles. The van der Waals surface area contributed by atoms with E-state index < -0.39 is 0 Å². The molecule has 1 rings (SSSR count). The molecule has 16 heavy (non-hydrogen) atoms. The summed E-state index contributed by atoms with van der Waals surface area (Å²) in [5.41, 5.74) is 1.48. The fourth-order valence-corrected chi connectivity index (χ4v) is 1.62. The van der Waals surface area contributed by atoms with Crippen LogP contribution in [0.15, 0.2) is 18.3 Å². The highest BCUT2D eigenvalue weighted by molar-refractivity contribution is 6.20. The van der Waals surface area contributed by atoms with Crippen molar-refractivity contribution in [2.75, 3.05) is 6.54 Å². The lowest BCUT2D eigenvalue weighted by molar-refractivity contribution is 0.0953. The van der Waals surface area contributed by atoms with Gasteiger partial charge in [0.2, 0.25) is 0 Å². The Hall–Kier alpha value is -1.09. The largest absolute Gasteiger partial charge is 0.351 e. The maximum Gasteiger partial charge on any atom is 0.252 e. The summed E-state index contributed by atoms with van der Waals surface area (Å²) in [6.45, 7) is 4.46. The van der Waals surface area contributed by atoms with E-state index in [4.69, 9.17) is 11.6 Å². The molecule has 0 spiro atoms. The van der Waals surface area contributed by atoms with Crippen molar-refractivity contribution in [3.63, 3.8) is 0 Å². The molecule has 1 aromatic heterocycles. The Bertz CT molecular complexity index is 337. The Balaban J connectivity index is 2.43. The van der Waals surface area contributed by atoms with Crippen molar-refractivity contribution in [1.82, 2.24) is 10.3 Å². The van der Waals surface area contributed by atoms with Crippen LogP contribution in [-0.2, 0) is 0 Å². The molecule has 0 aliphatic carbocycles. The van der Waals surface area contributed by atoms with Crippen molar-refractivity contribution in [2.45, 2.75) is 32.1 Å². The summed E-state index contributed by atoms with van der Waals surface area (Å²) < 4.78 is 0. The molecule has 1 aromatic rings. The first-order valence-corrected chi connectivity index (χ1v) is 5.92. The Kier molecular flexibility index (Phi) is 5.26. The zero-order valence-electron chi connectivity index (χ0n) is 9.66. The van der Waals surface area contributed by atoms with Crippen molar-refractivity contribution in [1.29, 1.82) is 0 Å². The van der Waals surface area contributed by atoms with E-state index in [1.807, 2.05) is 13.0 Å². The van der Waals surface area contributed by atoms with Crippen LogP contribution in [0.5, 0.6) is 0 Å². The number of halogens is 1. The third-order valence-electron chi connectivity index (χ3n) is 2.26. The lowest BCUT2D eigenvalue weighted by Crippen LogP contribution is -2.29. The Morgan fingerprint density at radius 3 is 2.88 bits per heavy atom. The first-order chi connectivity index (χ1) is 7.63. The number of carbonyl (C=O) groups excluding carboxylic acids is 1. The second kappa shape index (κ2) is 6.48. The van der Waals surface area contributed by atoms with Gasteiger partial charge in [0.1, 0.15) is 0 Å². The average molecular weight is 241 g/mol. The second-order valence-electron chi connectivity index (χ2n) is 3.78. The highest BCUT2D eigenvalue weighted by Crippen LogP contribution is 2.04. The van der Waals surface area contributed by atoms with Gasteiger partial charge in [0.25, 0.3) is 5.91 Å². The third kappa shape index (κ3) is 4.19. The highest BCUT2D eigenvalue weighted by Gasteiger charge is 2.08. The SMILES string of the molecule is CCCC(Cl)CNC(=O)c1ccc(C)nc1. The van der Waals surface area contributed by atoms with E-state index in [1.165, 1.54) is 0 Å². The Morgan fingerprint density at radius 1 is 1.56 bits per heavy atom. The van der Waals surface area contributed by atoms with Gasteiger partial charge in [-0.15, -0.1) is 11.6 Å². The summed E-state index contributed by atoms with van der Waals surface area (Å²) >= 11 is 6.01. The summed E-state index contributed by atoms with van der Waals surface area (Å²) in [4.78, 5) is 15.7. The predicted molar refractivity (Wildman–Crippen MR) is 65.9 cm³/mol. The highest BCUT2D eigenvalue weighted by atomic mass is 35.5. The van der Waals surface area contributed by atoms with Gasteiger partial charge in [-0.1, -0.05) is 13.3 Å². The number of alkyl halides is 1. The molecule has 0 saturated carbocycles. The summed E-state index contributed by atoms with van der Waals surface area (Å²) in [5, 5.41) is 2.80. The van der Waals surface area contributed by atoms with Gasteiger partial charge in [0.15, 0.2) is 0 Å². The Morgan fingerprint density at radius 2 is 2.31 bits per heavy atom. The predicted octanol–water partition coefficient (Wildman–Crippen LogP) is 2.53. The topological polar surface area (TPSA) is 42.0 Å². The van der Waals surface area contributed by atoms with E-state index >= 15 is 0 Å². The molecule has 4 heteroatoms. The molecule has 3 nitrogen and oxygen atoms in total. The van der Waals surface area contributed by atoms with E-state index in [9.17, 15) is 4.79 Å². The van der Waals surface area contributed by atoms with E-state index in [0.29, 0.717) is 12.1 Å². The summed E-state index contributed by atoms with van der Waals surface area (Å²) in [7, 11) is 0. The molecule has 0 aromatic carbocycles. The normalized spacial score (nSPS) is 12.2. The van der Waals surface area contributed by atoms with Crippen LogP contribution in [-0.4, -0.2) is 22.8 Å². The first kappa shape index (κ1) is 13.0. The lowest BCUT2D eigenvalue weighted by atomic mass is 10.2. The van der Waals surface area contributed by atoms with Crippen molar-refractivity contribution in [3.05, 3.63) is 29.6 Å². The van der Waals surface area contributed by atoms with Crippen molar-refractivity contribution in [2.24, 2.45) is 0 Å². The van der Waals surface area contributed by atoms with Gasteiger partial charge in [0.05, 0.1) is 10.9 Å². The maximum absolute atomic E-state index is 11.7. The van der Waals surface area contributed by atoms with Crippen molar-refractivity contribution < 1.29 is 4.79 Å². The maximum atomic E-state index is 11.7. The quantitative estimate of drug-likeness (QED) is 0.804. The molecule has 0 radical (unpaired) electrons. The number of hydrogen-bond donors (Lipinski definition) is 1. The number of pyridine rings is 1. The zero-order chi connectivity index (χ0) is 12.0. The van der Waals surface area contributed by atoms with Crippen molar-refractivity contribution in [3.8, 4) is 0 Å². The molecule has 0 aliphatic rings. The van der Waals surface area contributed by atoms with Crippen LogP contribution in [0.3, 0.4) is 0 Å². The number of hydrogen-bond acceptors (Lipinski definition) is 2. The molecule has 1 amide bonds. The second-order valence-corrected chi connectivity index (χ2v) is 4.40. The van der Waals surface area contributed by atoms with Crippen LogP contribution < -0.4 is 5.32 Å². The molecular weight excluding hydrogens is 224 g/mol. The van der Waals surface area contributed by atoms with Crippen LogP contribution in [0.25, 0.3) is 0 Å². The van der Waals surface area contributed by atoms with Crippen LogP contribution >= 0.6 is 11.6 Å². The number of amides is 1. The number of nitrogens with one attached hydrogen (secondary N) is 1. The first-order valence-electron chi connectivity index (χ1n) is 5.48. The average Bonchev–Trinajstić information content (AvgIpc) is 2.27. The van der Waals surface area contributed by atoms with E-state index in [-0.39, 0.29) is 11.3 Å². The van der Waals surface area contributed by atoms with Gasteiger partial charge in [-0.05, 0) is 25.5 Å². The van der Waals surface area contributed by atoms with Crippen LogP contribution in [0.2, 0.25) is 0 Å². The molecule has 0 aliphatic heterocycles. The van der Waals surface area contributed by atoms with Gasteiger partial charge in [0, 0.05) is 18.4 Å². The zero-order valence-corrected chi connectivity index (χ0v) is 10.4. The van der Waals surface area contributed by atoms with Crippen LogP contribution in [0.4, 0.5) is 0 Å². The van der Waals surface area contributed by atoms with E-state index in [2.05, 4.69) is 17.2 Å². The Labute approximate surface area is 101 Å². The monoisotopic (exact) mass is 240 g/mol. The van der Waals surface area contributed by atoms with Gasteiger partial charge >= 0.3 is 0 Å². The molecular formula is C12H17ClN2O. The van der Waals surface area contributed by atoms with E-state index in [0.717, 1.165) is 18.5 Å². The van der Waals surface area contributed by atoms with Crippen molar-refractivity contribution >= 4 is 17.5 Å². The van der Waals surface area contributed by atoms with Gasteiger partial charge in [-0.2, -0.15) is 0 Å². The van der Waals surface area contributed by atoms with Crippen LogP contribution in [0, 0.1) is 6.92 Å². The van der Waals surface area contributed by atoms with E-state index in [1.54, 1.807) is 12.3 Å². The molecule has 88 valence electrons. The fraction of sp³-hybridized carbons (Fsp3) is 0.500. The summed E-state index contributed by atoms with van der Waals surface area (Å²) in [6, 6.07) is 3.58. The fourth-order valence-electron chi connectivity index (χ4n) is 1.32. The standard InChI is InChI=1S/C12H17ClN2O/c1-3-4-11(13)8-15-12(16)10-6-5-9(2)14-7-10/h5-7,11H,3-4,8H2,1-2H3,(H,15,16). The molecule has 0 fully saturated rings. The summed E-state index contributed by atoms with van der Waals surface area (Å²) in [6.07, 6.45) is 3.51.